The normalized spacial score (nSPS) is 12.3. The Morgan fingerprint density at radius 2 is 0.557 bits per heavy atom. The zero-order valence-electron chi connectivity index (χ0n) is 46.8. The molecule has 0 aliphatic carbocycles. The number of carbonyl (C=O) groups is 3. The topological polar surface area (TPSA) is 78.9 Å². The van der Waals surface area contributed by atoms with Gasteiger partial charge in [0, 0.05) is 19.3 Å². The molecular formula is C64H116O6. The Hall–Kier alpha value is -2.63. The largest absolute Gasteiger partial charge is 0.462 e. The zero-order valence-corrected chi connectivity index (χ0v) is 46.8. The van der Waals surface area contributed by atoms with E-state index in [-0.39, 0.29) is 31.1 Å². The van der Waals surface area contributed by atoms with E-state index in [2.05, 4.69) is 69.4 Å². The lowest BCUT2D eigenvalue weighted by atomic mass is 10.0. The molecule has 408 valence electrons. The monoisotopic (exact) mass is 981 g/mol. The van der Waals surface area contributed by atoms with Gasteiger partial charge in [-0.1, -0.05) is 294 Å². The minimum absolute atomic E-state index is 0.0667. The first-order valence-electron chi connectivity index (χ1n) is 30.6. The lowest BCUT2D eigenvalue weighted by molar-refractivity contribution is -0.167. The first-order valence-corrected chi connectivity index (χ1v) is 30.6. The molecule has 0 fully saturated rings. The number of carbonyl (C=O) groups excluding carboxylic acids is 3. The quantitative estimate of drug-likeness (QED) is 0.0261. The second-order valence-electron chi connectivity index (χ2n) is 20.6. The fourth-order valence-electron chi connectivity index (χ4n) is 9.02. The standard InChI is InChI=1S/C64H116O6/c1-4-7-10-13-16-18-20-22-23-24-25-26-27-28-29-30-31-32-33-34-35-36-37-38-39-40-41-43-44-46-48-51-54-57-63(66)69-60-61(59-68-62(65)56-53-50-15-12-9-6-3)70-64(67)58-55-52-49-47-45-42-21-19-17-14-11-8-5-2/h7,10,16,18,22-23,25-26,61H,4-6,8-9,11-15,17,19-21,24,27-60H2,1-3H3/b10-7-,18-16-,23-22-,26-25-. The summed E-state index contributed by atoms with van der Waals surface area (Å²) >= 11 is 0. The van der Waals surface area contributed by atoms with Gasteiger partial charge in [0.15, 0.2) is 6.10 Å². The van der Waals surface area contributed by atoms with Gasteiger partial charge in [-0.2, -0.15) is 0 Å². The summed E-state index contributed by atoms with van der Waals surface area (Å²) in [5.74, 6) is -0.859. The molecule has 0 aromatic carbocycles. The van der Waals surface area contributed by atoms with Crippen LogP contribution < -0.4 is 0 Å². The van der Waals surface area contributed by atoms with Crippen LogP contribution in [0, 0.1) is 0 Å². The molecule has 0 aliphatic rings. The maximum atomic E-state index is 12.8. The first-order chi connectivity index (χ1) is 34.5. The summed E-state index contributed by atoms with van der Waals surface area (Å²) < 4.78 is 16.8. The number of hydrogen-bond donors (Lipinski definition) is 0. The maximum absolute atomic E-state index is 12.8. The fourth-order valence-corrected chi connectivity index (χ4v) is 9.02. The summed E-state index contributed by atoms with van der Waals surface area (Å²) in [5.41, 5.74) is 0. The number of esters is 3. The number of rotatable bonds is 56. The molecule has 6 heteroatoms. The molecule has 0 bridgehead atoms. The molecule has 0 rings (SSSR count). The molecule has 0 aromatic heterocycles. The van der Waals surface area contributed by atoms with Gasteiger partial charge in [0.1, 0.15) is 13.2 Å². The molecule has 0 radical (unpaired) electrons. The third kappa shape index (κ3) is 56.3. The third-order valence-electron chi connectivity index (χ3n) is 13.6. The lowest BCUT2D eigenvalue weighted by Gasteiger charge is -2.18. The molecule has 0 amide bonds. The maximum Gasteiger partial charge on any atom is 0.306 e. The Kier molecular flexibility index (Phi) is 56.7. The van der Waals surface area contributed by atoms with Gasteiger partial charge in [-0.15, -0.1) is 0 Å². The van der Waals surface area contributed by atoms with Crippen molar-refractivity contribution in [2.45, 2.75) is 329 Å². The van der Waals surface area contributed by atoms with Crippen LogP contribution in [-0.2, 0) is 28.6 Å². The van der Waals surface area contributed by atoms with E-state index in [0.717, 1.165) is 83.5 Å². The molecule has 70 heavy (non-hydrogen) atoms. The van der Waals surface area contributed by atoms with Crippen LogP contribution in [-0.4, -0.2) is 37.2 Å². The van der Waals surface area contributed by atoms with Gasteiger partial charge in [-0.05, 0) is 57.8 Å². The van der Waals surface area contributed by atoms with Crippen molar-refractivity contribution >= 4 is 17.9 Å². The molecule has 0 N–H and O–H groups in total. The van der Waals surface area contributed by atoms with Crippen LogP contribution in [0.3, 0.4) is 0 Å². The van der Waals surface area contributed by atoms with Crippen LogP contribution in [0.1, 0.15) is 323 Å². The summed E-state index contributed by atoms with van der Waals surface area (Å²) in [6.07, 6.45) is 73.1. The highest BCUT2D eigenvalue weighted by Crippen LogP contribution is 2.17. The lowest BCUT2D eigenvalue weighted by Crippen LogP contribution is -2.30. The predicted octanol–water partition coefficient (Wildman–Crippen LogP) is 20.6. The van der Waals surface area contributed by atoms with Crippen molar-refractivity contribution in [2.75, 3.05) is 13.2 Å². The summed E-state index contributed by atoms with van der Waals surface area (Å²) in [4.78, 5) is 37.8. The van der Waals surface area contributed by atoms with Crippen molar-refractivity contribution in [3.63, 3.8) is 0 Å². The van der Waals surface area contributed by atoms with Crippen LogP contribution >= 0.6 is 0 Å². The highest BCUT2D eigenvalue weighted by atomic mass is 16.6. The summed E-state index contributed by atoms with van der Waals surface area (Å²) in [7, 11) is 0. The second-order valence-corrected chi connectivity index (χ2v) is 20.6. The van der Waals surface area contributed by atoms with E-state index in [0.29, 0.717) is 19.3 Å². The summed E-state index contributed by atoms with van der Waals surface area (Å²) in [5, 5.41) is 0. The molecule has 1 unspecified atom stereocenters. The van der Waals surface area contributed by atoms with E-state index in [1.54, 1.807) is 0 Å². The molecule has 0 aromatic rings. The average molecular weight is 982 g/mol. The third-order valence-corrected chi connectivity index (χ3v) is 13.6. The van der Waals surface area contributed by atoms with Crippen LogP contribution in [0.2, 0.25) is 0 Å². The zero-order chi connectivity index (χ0) is 50.7. The minimum atomic E-state index is -0.763. The number of ether oxygens (including phenoxy) is 3. The fraction of sp³-hybridized carbons (Fsp3) is 0.828. The van der Waals surface area contributed by atoms with Crippen molar-refractivity contribution < 1.29 is 28.6 Å². The van der Waals surface area contributed by atoms with E-state index < -0.39 is 6.10 Å². The Bertz CT molecular complexity index is 1220. The smallest absolute Gasteiger partial charge is 0.306 e. The van der Waals surface area contributed by atoms with Crippen molar-refractivity contribution in [1.29, 1.82) is 0 Å². The van der Waals surface area contributed by atoms with Crippen molar-refractivity contribution in [3.05, 3.63) is 48.6 Å². The van der Waals surface area contributed by atoms with Crippen molar-refractivity contribution in [3.8, 4) is 0 Å². The summed E-state index contributed by atoms with van der Waals surface area (Å²) in [6, 6.07) is 0. The van der Waals surface area contributed by atoms with Gasteiger partial charge in [0.2, 0.25) is 0 Å². The van der Waals surface area contributed by atoms with Gasteiger partial charge in [-0.3, -0.25) is 14.4 Å². The highest BCUT2D eigenvalue weighted by molar-refractivity contribution is 5.71. The van der Waals surface area contributed by atoms with Crippen LogP contribution in [0.5, 0.6) is 0 Å². The van der Waals surface area contributed by atoms with E-state index >= 15 is 0 Å². The van der Waals surface area contributed by atoms with Crippen LogP contribution in [0.4, 0.5) is 0 Å². The number of hydrogen-bond acceptors (Lipinski definition) is 6. The molecular weight excluding hydrogens is 865 g/mol. The van der Waals surface area contributed by atoms with Crippen molar-refractivity contribution in [1.82, 2.24) is 0 Å². The molecule has 6 nitrogen and oxygen atoms in total. The average Bonchev–Trinajstić information content (AvgIpc) is 3.36. The summed E-state index contributed by atoms with van der Waals surface area (Å²) in [6.45, 7) is 6.50. The van der Waals surface area contributed by atoms with E-state index in [1.165, 1.54) is 199 Å². The Balaban J connectivity index is 3.90. The van der Waals surface area contributed by atoms with E-state index in [1.807, 2.05) is 0 Å². The molecule has 1 atom stereocenters. The molecule has 0 heterocycles. The van der Waals surface area contributed by atoms with Gasteiger partial charge in [0.25, 0.3) is 0 Å². The Morgan fingerprint density at radius 3 is 0.871 bits per heavy atom. The van der Waals surface area contributed by atoms with Crippen molar-refractivity contribution in [2.24, 2.45) is 0 Å². The predicted molar refractivity (Wildman–Crippen MR) is 302 cm³/mol. The van der Waals surface area contributed by atoms with Crippen LogP contribution in [0.25, 0.3) is 0 Å². The van der Waals surface area contributed by atoms with Gasteiger partial charge in [-0.25, -0.2) is 0 Å². The molecule has 0 aliphatic heterocycles. The Morgan fingerprint density at radius 1 is 0.300 bits per heavy atom. The molecule has 0 spiro atoms. The second kappa shape index (κ2) is 58.9. The number of allylic oxidation sites excluding steroid dienone is 8. The minimum Gasteiger partial charge on any atom is -0.462 e. The Labute approximate surface area is 435 Å². The van der Waals surface area contributed by atoms with Gasteiger partial charge >= 0.3 is 17.9 Å². The van der Waals surface area contributed by atoms with Crippen LogP contribution in [0.15, 0.2) is 48.6 Å². The SMILES string of the molecule is CC/C=C\C/C=C\C/C=C\C/C=C\CCCCCCCCCCCCCCCCCCCCCCC(=O)OCC(COC(=O)CCCCCCCC)OC(=O)CCCCCCCCCCCCCCC. The number of unbranched alkanes of at least 4 members (excludes halogenated alkanes) is 37. The van der Waals surface area contributed by atoms with Gasteiger partial charge < -0.3 is 14.2 Å². The highest BCUT2D eigenvalue weighted by Gasteiger charge is 2.19. The molecule has 0 saturated carbocycles. The van der Waals surface area contributed by atoms with E-state index in [4.69, 9.17) is 14.2 Å². The van der Waals surface area contributed by atoms with E-state index in [9.17, 15) is 14.4 Å². The van der Waals surface area contributed by atoms with Gasteiger partial charge in [0.05, 0.1) is 0 Å². The first kappa shape index (κ1) is 67.4. The molecule has 0 saturated heterocycles.